The highest BCUT2D eigenvalue weighted by Crippen LogP contribution is 2.32. The van der Waals surface area contributed by atoms with Crippen molar-refractivity contribution < 1.29 is 0 Å². The third-order valence-corrected chi connectivity index (χ3v) is 5.23. The molecule has 26 heavy (non-hydrogen) atoms. The van der Waals surface area contributed by atoms with Crippen LogP contribution in [0.1, 0.15) is 6.42 Å². The van der Waals surface area contributed by atoms with Crippen molar-refractivity contribution in [3.05, 3.63) is 59.8 Å². The van der Waals surface area contributed by atoms with Gasteiger partial charge in [-0.2, -0.15) is 11.3 Å². The Balaban J connectivity index is 1.74. The maximum absolute atomic E-state index is 4.66. The van der Waals surface area contributed by atoms with Crippen LogP contribution >= 0.6 is 11.3 Å². The van der Waals surface area contributed by atoms with Crippen molar-refractivity contribution in [2.75, 3.05) is 20.6 Å². The van der Waals surface area contributed by atoms with E-state index in [0.29, 0.717) is 0 Å². The quantitative estimate of drug-likeness (QED) is 0.495. The van der Waals surface area contributed by atoms with Crippen LogP contribution in [0.25, 0.3) is 33.3 Å². The minimum absolute atomic E-state index is 0.984. The van der Waals surface area contributed by atoms with Crippen molar-refractivity contribution >= 4 is 22.4 Å². The summed E-state index contributed by atoms with van der Waals surface area (Å²) in [4.78, 5) is 11.4. The van der Waals surface area contributed by atoms with Crippen LogP contribution in [0.3, 0.4) is 0 Å². The first-order valence-electron chi connectivity index (χ1n) is 8.79. The first kappa shape index (κ1) is 16.9. The van der Waals surface area contributed by atoms with Crippen LogP contribution in [0.5, 0.6) is 0 Å². The van der Waals surface area contributed by atoms with Gasteiger partial charge in [0, 0.05) is 48.0 Å². The van der Waals surface area contributed by atoms with Gasteiger partial charge in [-0.25, -0.2) is 0 Å². The molecule has 4 aromatic rings. The molecule has 0 saturated carbocycles. The Hall–Kier alpha value is -2.50. The zero-order chi connectivity index (χ0) is 17.9. The fourth-order valence-electron chi connectivity index (χ4n) is 3.25. The SMILES string of the molecule is CN(C)CCCn1cc(-c2cncc(-c3ccsc3)c2)c2ncccc21. The summed E-state index contributed by atoms with van der Waals surface area (Å²) in [5, 5.41) is 4.25. The van der Waals surface area contributed by atoms with Crippen LogP contribution in [-0.2, 0) is 6.54 Å². The summed E-state index contributed by atoms with van der Waals surface area (Å²) in [5.41, 5.74) is 6.85. The van der Waals surface area contributed by atoms with Crippen molar-refractivity contribution in [1.29, 1.82) is 0 Å². The fourth-order valence-corrected chi connectivity index (χ4v) is 3.91. The lowest BCUT2D eigenvalue weighted by Gasteiger charge is -2.10. The van der Waals surface area contributed by atoms with Gasteiger partial charge in [0.1, 0.15) is 0 Å². The van der Waals surface area contributed by atoms with E-state index in [2.05, 4.69) is 68.7 Å². The molecule has 4 aromatic heterocycles. The number of pyridine rings is 2. The number of fused-ring (bicyclic) bond motifs is 1. The summed E-state index contributed by atoms with van der Waals surface area (Å²) in [6.07, 6.45) is 9.06. The Morgan fingerprint density at radius 3 is 2.81 bits per heavy atom. The minimum Gasteiger partial charge on any atom is -0.345 e. The molecule has 0 amide bonds. The van der Waals surface area contributed by atoms with E-state index in [1.807, 2.05) is 24.7 Å². The van der Waals surface area contributed by atoms with Gasteiger partial charge in [-0.15, -0.1) is 0 Å². The summed E-state index contributed by atoms with van der Waals surface area (Å²) in [6.45, 7) is 2.06. The van der Waals surface area contributed by atoms with Gasteiger partial charge in [-0.1, -0.05) is 0 Å². The lowest BCUT2D eigenvalue weighted by Crippen LogP contribution is -2.14. The molecule has 0 saturated heterocycles. The zero-order valence-electron chi connectivity index (χ0n) is 15.1. The Bertz CT molecular complexity index is 1000. The fraction of sp³-hybridized carbons (Fsp3) is 0.238. The predicted molar refractivity (Wildman–Crippen MR) is 109 cm³/mol. The molecule has 0 fully saturated rings. The number of nitrogens with zero attached hydrogens (tertiary/aromatic N) is 4. The van der Waals surface area contributed by atoms with E-state index >= 15 is 0 Å². The molecule has 0 aromatic carbocycles. The van der Waals surface area contributed by atoms with Gasteiger partial charge in [0.05, 0.1) is 11.0 Å². The van der Waals surface area contributed by atoms with E-state index in [1.165, 1.54) is 11.1 Å². The van der Waals surface area contributed by atoms with E-state index in [0.717, 1.165) is 41.7 Å². The molecular weight excluding hydrogens is 340 g/mol. The van der Waals surface area contributed by atoms with E-state index in [4.69, 9.17) is 0 Å². The lowest BCUT2D eigenvalue weighted by atomic mass is 10.1. The second-order valence-electron chi connectivity index (χ2n) is 6.74. The molecule has 0 atom stereocenters. The summed E-state index contributed by atoms with van der Waals surface area (Å²) in [5.74, 6) is 0. The highest BCUT2D eigenvalue weighted by Gasteiger charge is 2.12. The Morgan fingerprint density at radius 1 is 1.12 bits per heavy atom. The highest BCUT2D eigenvalue weighted by molar-refractivity contribution is 7.08. The third-order valence-electron chi connectivity index (χ3n) is 4.54. The minimum atomic E-state index is 0.984. The zero-order valence-corrected chi connectivity index (χ0v) is 15.9. The summed E-state index contributed by atoms with van der Waals surface area (Å²) in [7, 11) is 4.23. The van der Waals surface area contributed by atoms with Crippen LogP contribution in [0.2, 0.25) is 0 Å². The maximum Gasteiger partial charge on any atom is 0.0959 e. The average molecular weight is 363 g/mol. The van der Waals surface area contributed by atoms with Gasteiger partial charge in [-0.05, 0) is 67.6 Å². The summed E-state index contributed by atoms with van der Waals surface area (Å²) < 4.78 is 2.32. The average Bonchev–Trinajstić information content (AvgIpc) is 3.30. The molecule has 0 aliphatic carbocycles. The van der Waals surface area contributed by atoms with Crippen molar-refractivity contribution in [1.82, 2.24) is 19.4 Å². The van der Waals surface area contributed by atoms with Gasteiger partial charge < -0.3 is 9.47 Å². The number of hydrogen-bond donors (Lipinski definition) is 0. The van der Waals surface area contributed by atoms with Crippen molar-refractivity contribution in [2.45, 2.75) is 13.0 Å². The number of aromatic nitrogens is 3. The van der Waals surface area contributed by atoms with Gasteiger partial charge in [-0.3, -0.25) is 9.97 Å². The first-order valence-corrected chi connectivity index (χ1v) is 9.73. The largest absolute Gasteiger partial charge is 0.345 e. The molecule has 132 valence electrons. The second-order valence-corrected chi connectivity index (χ2v) is 7.52. The van der Waals surface area contributed by atoms with Gasteiger partial charge >= 0.3 is 0 Å². The number of aryl methyl sites for hydroxylation is 1. The normalized spacial score (nSPS) is 11.5. The van der Waals surface area contributed by atoms with E-state index in [1.54, 1.807) is 11.3 Å². The molecule has 0 unspecified atom stereocenters. The van der Waals surface area contributed by atoms with Crippen LogP contribution in [0.15, 0.2) is 59.8 Å². The van der Waals surface area contributed by atoms with Gasteiger partial charge in [0.2, 0.25) is 0 Å². The number of rotatable bonds is 6. The van der Waals surface area contributed by atoms with Crippen molar-refractivity contribution in [3.8, 4) is 22.3 Å². The van der Waals surface area contributed by atoms with Gasteiger partial charge in [0.15, 0.2) is 0 Å². The van der Waals surface area contributed by atoms with E-state index in [-0.39, 0.29) is 0 Å². The molecular formula is C21H22N4S. The molecule has 0 N–H and O–H groups in total. The maximum atomic E-state index is 4.66. The standard InChI is InChI=1S/C21H22N4S/c1-24(2)8-4-9-25-14-19(21-20(25)5-3-7-23-21)18-11-17(12-22-13-18)16-6-10-26-15-16/h3,5-7,10-15H,4,8-9H2,1-2H3. The topological polar surface area (TPSA) is 34.0 Å². The lowest BCUT2D eigenvalue weighted by molar-refractivity contribution is 0.388. The smallest absolute Gasteiger partial charge is 0.0959 e. The Morgan fingerprint density at radius 2 is 2.00 bits per heavy atom. The highest BCUT2D eigenvalue weighted by atomic mass is 32.1. The molecule has 0 bridgehead atoms. The predicted octanol–water partition coefficient (Wildman–Crippen LogP) is 4.78. The van der Waals surface area contributed by atoms with Gasteiger partial charge in [0.25, 0.3) is 0 Å². The molecule has 4 heterocycles. The molecule has 4 nitrogen and oxygen atoms in total. The summed E-state index contributed by atoms with van der Waals surface area (Å²) >= 11 is 1.71. The number of thiophene rings is 1. The van der Waals surface area contributed by atoms with E-state index < -0.39 is 0 Å². The van der Waals surface area contributed by atoms with Crippen molar-refractivity contribution in [2.24, 2.45) is 0 Å². The van der Waals surface area contributed by atoms with Crippen molar-refractivity contribution in [3.63, 3.8) is 0 Å². The molecule has 0 aliphatic rings. The molecule has 5 heteroatoms. The monoisotopic (exact) mass is 362 g/mol. The molecule has 4 rings (SSSR count). The Labute approximate surface area is 157 Å². The van der Waals surface area contributed by atoms with Crippen LogP contribution < -0.4 is 0 Å². The van der Waals surface area contributed by atoms with Crippen LogP contribution in [0, 0.1) is 0 Å². The molecule has 0 spiro atoms. The molecule has 0 radical (unpaired) electrons. The van der Waals surface area contributed by atoms with E-state index in [9.17, 15) is 0 Å². The second kappa shape index (κ2) is 7.40. The van der Waals surface area contributed by atoms with Crippen LogP contribution in [-0.4, -0.2) is 40.1 Å². The first-order chi connectivity index (χ1) is 12.7. The summed E-state index contributed by atoms with van der Waals surface area (Å²) in [6, 6.07) is 8.50. The third kappa shape index (κ3) is 3.41. The molecule has 0 aliphatic heterocycles. The van der Waals surface area contributed by atoms with Crippen LogP contribution in [0.4, 0.5) is 0 Å². The Kier molecular flexibility index (Phi) is 4.82. The number of hydrogen-bond acceptors (Lipinski definition) is 4.